The van der Waals surface area contributed by atoms with Crippen molar-refractivity contribution in [1.29, 1.82) is 0 Å². The molecule has 1 aromatic carbocycles. The van der Waals surface area contributed by atoms with Crippen molar-refractivity contribution >= 4 is 28.8 Å². The van der Waals surface area contributed by atoms with E-state index < -0.39 is 0 Å². The van der Waals surface area contributed by atoms with E-state index in [1.165, 1.54) is 24.6 Å². The largest absolute Gasteiger partial charge is 0.335 e. The summed E-state index contributed by atoms with van der Waals surface area (Å²) in [5.74, 6) is -0.00579. The highest BCUT2D eigenvalue weighted by Gasteiger charge is 2.41. The van der Waals surface area contributed by atoms with E-state index in [1.54, 1.807) is 24.3 Å². The number of nitrogens with zero attached hydrogens (tertiary/aromatic N) is 1. The maximum absolute atomic E-state index is 12.4. The van der Waals surface area contributed by atoms with Crippen molar-refractivity contribution < 1.29 is 9.59 Å². The Morgan fingerprint density at radius 3 is 2.59 bits per heavy atom. The summed E-state index contributed by atoms with van der Waals surface area (Å²) in [5, 5.41) is 8.14. The van der Waals surface area contributed by atoms with E-state index >= 15 is 0 Å². The molecule has 3 heterocycles. The number of urea groups is 1. The van der Waals surface area contributed by atoms with Gasteiger partial charge in [-0.1, -0.05) is 18.2 Å². The number of hydrogen-bond acceptors (Lipinski definition) is 4. The second-order valence-electron chi connectivity index (χ2n) is 7.54. The van der Waals surface area contributed by atoms with Crippen molar-refractivity contribution in [2.75, 3.05) is 5.32 Å². The Hall–Kier alpha value is -2.18. The molecule has 142 valence electrons. The van der Waals surface area contributed by atoms with Gasteiger partial charge in [-0.3, -0.25) is 9.69 Å². The van der Waals surface area contributed by atoms with Gasteiger partial charge in [0, 0.05) is 40.8 Å². The zero-order valence-corrected chi connectivity index (χ0v) is 16.3. The van der Waals surface area contributed by atoms with Crippen LogP contribution in [-0.2, 0) is 6.54 Å². The lowest BCUT2D eigenvalue weighted by molar-refractivity contribution is 0.101. The molecule has 2 bridgehead atoms. The molecule has 6 heteroatoms. The van der Waals surface area contributed by atoms with Crippen LogP contribution in [0.3, 0.4) is 0 Å². The van der Waals surface area contributed by atoms with E-state index in [4.69, 9.17) is 0 Å². The fraction of sp³-hybridized carbons (Fsp3) is 0.429. The molecule has 2 unspecified atom stereocenters. The third-order valence-electron chi connectivity index (χ3n) is 5.67. The predicted octanol–water partition coefficient (Wildman–Crippen LogP) is 4.27. The van der Waals surface area contributed by atoms with Crippen molar-refractivity contribution in [2.24, 2.45) is 0 Å². The molecule has 0 saturated carbocycles. The first-order chi connectivity index (χ1) is 13.1. The average Bonchev–Trinajstić information content (AvgIpc) is 3.22. The number of anilines is 1. The fourth-order valence-electron chi connectivity index (χ4n) is 4.40. The monoisotopic (exact) mass is 383 g/mol. The Balaban J connectivity index is 1.33. The maximum atomic E-state index is 12.4. The standard InChI is InChI=1S/C21H25N3O2S/c1-14(25)15-4-2-5-16(10-15)22-21(26)23-17-11-18-7-8-19(12-17)24(18)13-20-6-3-9-27-20/h2-6,9-10,17-19H,7-8,11-13H2,1H3,(H2,22,23,26). The average molecular weight is 384 g/mol. The molecule has 2 saturated heterocycles. The lowest BCUT2D eigenvalue weighted by atomic mass is 9.97. The number of Topliss-reactive ketones (excluding diaryl/α,β-unsaturated/α-hetero) is 1. The van der Waals surface area contributed by atoms with Gasteiger partial charge in [0.15, 0.2) is 5.78 Å². The number of benzene rings is 1. The van der Waals surface area contributed by atoms with E-state index in [1.807, 2.05) is 11.3 Å². The maximum Gasteiger partial charge on any atom is 0.319 e. The second kappa shape index (κ2) is 7.82. The van der Waals surface area contributed by atoms with Crippen LogP contribution in [0.25, 0.3) is 0 Å². The molecule has 0 radical (unpaired) electrons. The molecule has 0 aliphatic carbocycles. The van der Waals surface area contributed by atoms with Gasteiger partial charge in [0.25, 0.3) is 0 Å². The zero-order chi connectivity index (χ0) is 18.8. The number of nitrogens with one attached hydrogen (secondary N) is 2. The topological polar surface area (TPSA) is 61.4 Å². The van der Waals surface area contributed by atoms with E-state index in [2.05, 4.69) is 33.0 Å². The molecule has 5 nitrogen and oxygen atoms in total. The molecule has 2 fully saturated rings. The molecular formula is C21H25N3O2S. The third-order valence-corrected chi connectivity index (χ3v) is 6.53. The number of fused-ring (bicyclic) bond motifs is 2. The molecule has 27 heavy (non-hydrogen) atoms. The number of carbonyl (C=O) groups excluding carboxylic acids is 2. The summed E-state index contributed by atoms with van der Waals surface area (Å²) in [7, 11) is 0. The van der Waals surface area contributed by atoms with Crippen LogP contribution in [-0.4, -0.2) is 34.8 Å². The molecule has 2 N–H and O–H groups in total. The third kappa shape index (κ3) is 4.22. The van der Waals surface area contributed by atoms with Gasteiger partial charge < -0.3 is 10.6 Å². The summed E-state index contributed by atoms with van der Waals surface area (Å²) < 4.78 is 0. The van der Waals surface area contributed by atoms with Crippen molar-refractivity contribution in [3.8, 4) is 0 Å². The van der Waals surface area contributed by atoms with Crippen LogP contribution in [0.5, 0.6) is 0 Å². The summed E-state index contributed by atoms with van der Waals surface area (Å²) in [4.78, 5) is 27.9. The van der Waals surface area contributed by atoms with Crippen molar-refractivity contribution in [3.05, 3.63) is 52.2 Å². The smallest absolute Gasteiger partial charge is 0.319 e. The number of ketones is 1. The number of amides is 2. The minimum Gasteiger partial charge on any atom is -0.335 e. The number of carbonyl (C=O) groups is 2. The predicted molar refractivity (Wildman–Crippen MR) is 108 cm³/mol. The lowest BCUT2D eigenvalue weighted by Crippen LogP contribution is -2.50. The number of thiophene rings is 1. The highest BCUT2D eigenvalue weighted by molar-refractivity contribution is 7.09. The Labute approximate surface area is 163 Å². The molecule has 2 aromatic rings. The molecule has 1 aromatic heterocycles. The first kappa shape index (κ1) is 18.2. The molecular weight excluding hydrogens is 358 g/mol. The van der Waals surface area contributed by atoms with Crippen LogP contribution < -0.4 is 10.6 Å². The normalized spacial score (nSPS) is 24.6. The molecule has 4 rings (SSSR count). The van der Waals surface area contributed by atoms with Gasteiger partial charge in [0.2, 0.25) is 0 Å². The Morgan fingerprint density at radius 2 is 1.93 bits per heavy atom. The Bertz CT molecular complexity index is 807. The van der Waals surface area contributed by atoms with Crippen LogP contribution in [0.4, 0.5) is 10.5 Å². The lowest BCUT2D eigenvalue weighted by Gasteiger charge is -2.39. The SMILES string of the molecule is CC(=O)c1cccc(NC(=O)NC2CC3CCC(C2)N3Cc2cccs2)c1. The minimum absolute atomic E-state index is 0.00579. The van der Waals surface area contributed by atoms with Crippen LogP contribution in [0.2, 0.25) is 0 Å². The van der Waals surface area contributed by atoms with Crippen LogP contribution in [0.1, 0.15) is 47.8 Å². The van der Waals surface area contributed by atoms with Gasteiger partial charge in [-0.15, -0.1) is 11.3 Å². The van der Waals surface area contributed by atoms with Gasteiger partial charge in [-0.25, -0.2) is 4.79 Å². The first-order valence-corrected chi connectivity index (χ1v) is 10.4. The second-order valence-corrected chi connectivity index (χ2v) is 8.57. The first-order valence-electron chi connectivity index (χ1n) is 9.55. The molecule has 2 amide bonds. The Kier molecular flexibility index (Phi) is 5.27. The van der Waals surface area contributed by atoms with Gasteiger partial charge in [-0.2, -0.15) is 0 Å². The van der Waals surface area contributed by atoms with Gasteiger partial charge >= 0.3 is 6.03 Å². The van der Waals surface area contributed by atoms with Crippen LogP contribution >= 0.6 is 11.3 Å². The van der Waals surface area contributed by atoms with Crippen LogP contribution in [0.15, 0.2) is 41.8 Å². The molecule has 2 aliphatic rings. The van der Waals surface area contributed by atoms with Crippen molar-refractivity contribution in [2.45, 2.75) is 57.3 Å². The fourth-order valence-corrected chi connectivity index (χ4v) is 5.11. The molecule has 0 spiro atoms. The summed E-state index contributed by atoms with van der Waals surface area (Å²) in [6.45, 7) is 2.56. The van der Waals surface area contributed by atoms with Crippen molar-refractivity contribution in [3.63, 3.8) is 0 Å². The van der Waals surface area contributed by atoms with Gasteiger partial charge in [0.05, 0.1) is 0 Å². The molecule has 2 aliphatic heterocycles. The number of hydrogen-bond donors (Lipinski definition) is 2. The van der Waals surface area contributed by atoms with E-state index in [0.717, 1.165) is 19.4 Å². The van der Waals surface area contributed by atoms with Gasteiger partial charge in [-0.05, 0) is 56.2 Å². The minimum atomic E-state index is -0.188. The number of piperidine rings is 1. The van der Waals surface area contributed by atoms with Crippen LogP contribution in [0, 0.1) is 0 Å². The Morgan fingerprint density at radius 1 is 1.15 bits per heavy atom. The van der Waals surface area contributed by atoms with Gasteiger partial charge in [0.1, 0.15) is 0 Å². The summed E-state index contributed by atoms with van der Waals surface area (Å²) in [6, 6.07) is 12.5. The van der Waals surface area contributed by atoms with E-state index in [-0.39, 0.29) is 17.9 Å². The van der Waals surface area contributed by atoms with E-state index in [9.17, 15) is 9.59 Å². The summed E-state index contributed by atoms with van der Waals surface area (Å²) in [5.41, 5.74) is 1.26. The zero-order valence-electron chi connectivity index (χ0n) is 15.5. The highest BCUT2D eigenvalue weighted by atomic mass is 32.1. The quantitative estimate of drug-likeness (QED) is 0.758. The summed E-state index contributed by atoms with van der Waals surface area (Å²) >= 11 is 1.82. The number of rotatable bonds is 5. The van der Waals surface area contributed by atoms with Crippen molar-refractivity contribution in [1.82, 2.24) is 10.2 Å². The highest BCUT2D eigenvalue weighted by Crippen LogP contribution is 2.37. The summed E-state index contributed by atoms with van der Waals surface area (Å²) in [6.07, 6.45) is 4.44. The molecule has 2 atom stereocenters. The van der Waals surface area contributed by atoms with E-state index in [0.29, 0.717) is 23.3 Å².